The van der Waals surface area contributed by atoms with Gasteiger partial charge in [-0.2, -0.15) is 10.5 Å². The number of phenolic OH excluding ortho intramolecular Hbond substituents is 2. The lowest BCUT2D eigenvalue weighted by Gasteiger charge is -2.08. The number of benzene rings is 2. The van der Waals surface area contributed by atoms with Crippen LogP contribution in [0.4, 0.5) is 0 Å². The quantitative estimate of drug-likeness (QED) is 0.379. The first kappa shape index (κ1) is 18.5. The molecule has 144 valence electrons. The molecule has 0 atom stereocenters. The largest absolute Gasteiger partial charge is 0.508 e. The number of hydrogen-bond donors (Lipinski definition) is 2. The Morgan fingerprint density at radius 3 is 1.53 bits per heavy atom. The Kier molecular flexibility index (Phi) is 4.07. The molecule has 0 saturated carbocycles. The van der Waals surface area contributed by atoms with E-state index in [0.717, 1.165) is 12.1 Å². The number of rotatable bonds is 2. The summed E-state index contributed by atoms with van der Waals surface area (Å²) in [6.45, 7) is 0. The van der Waals surface area contributed by atoms with E-state index in [1.54, 1.807) is 12.1 Å². The second kappa shape index (κ2) is 6.62. The van der Waals surface area contributed by atoms with Gasteiger partial charge in [-0.05, 0) is 24.3 Å². The van der Waals surface area contributed by atoms with Crippen LogP contribution in [0.15, 0.2) is 54.8 Å². The zero-order valence-electron chi connectivity index (χ0n) is 14.8. The fourth-order valence-corrected chi connectivity index (χ4v) is 3.15. The second-order valence-corrected chi connectivity index (χ2v) is 6.19. The summed E-state index contributed by atoms with van der Waals surface area (Å²) < 4.78 is 10.1. The molecule has 4 rings (SSSR count). The van der Waals surface area contributed by atoms with Gasteiger partial charge in [0.15, 0.2) is 0 Å². The molecule has 0 fully saturated rings. The van der Waals surface area contributed by atoms with Crippen molar-refractivity contribution < 1.29 is 23.8 Å². The highest BCUT2D eigenvalue weighted by atomic mass is 16.4. The molecule has 2 aromatic carbocycles. The number of phenols is 2. The average Bonchev–Trinajstić information content (AvgIpc) is 2.70. The van der Waals surface area contributed by atoms with Crippen molar-refractivity contribution in [1.82, 2.24) is 0 Å². The van der Waals surface area contributed by atoms with E-state index in [4.69, 9.17) is 8.83 Å². The van der Waals surface area contributed by atoms with Crippen LogP contribution in [0.5, 0.6) is 11.5 Å². The minimum atomic E-state index is -1.22. The van der Waals surface area contributed by atoms with Crippen LogP contribution in [0.2, 0.25) is 0 Å². The number of nitrogens with zero attached hydrogens (tertiary/aromatic N) is 2. The molecule has 0 amide bonds. The number of carbonyl (C=O) groups excluding carboxylic acids is 1. The van der Waals surface area contributed by atoms with Gasteiger partial charge >= 0.3 is 11.3 Å². The SMILES string of the molecule is N#Cc1c(C(=O)c2c(C#N)c3ccc(O)cc3oc2=O)c(=O)oc2cc(O)ccc12. The van der Waals surface area contributed by atoms with Gasteiger partial charge in [0.1, 0.15) is 45.9 Å². The highest BCUT2D eigenvalue weighted by Crippen LogP contribution is 2.27. The summed E-state index contributed by atoms with van der Waals surface area (Å²) in [5.41, 5.74) is -4.92. The summed E-state index contributed by atoms with van der Waals surface area (Å²) in [6, 6.07) is 10.7. The minimum Gasteiger partial charge on any atom is -0.508 e. The van der Waals surface area contributed by atoms with Crippen LogP contribution >= 0.6 is 0 Å². The first-order valence-corrected chi connectivity index (χ1v) is 8.30. The van der Waals surface area contributed by atoms with Gasteiger partial charge < -0.3 is 19.0 Å². The van der Waals surface area contributed by atoms with Crippen LogP contribution in [0.25, 0.3) is 21.9 Å². The Labute approximate surface area is 165 Å². The highest BCUT2D eigenvalue weighted by molar-refractivity contribution is 6.14. The average molecular weight is 400 g/mol. The van der Waals surface area contributed by atoms with Crippen LogP contribution in [-0.2, 0) is 0 Å². The van der Waals surface area contributed by atoms with E-state index >= 15 is 0 Å². The Hall–Kier alpha value is -4.89. The third-order valence-corrected chi connectivity index (χ3v) is 4.46. The highest BCUT2D eigenvalue weighted by Gasteiger charge is 2.29. The number of fused-ring (bicyclic) bond motifs is 2. The molecule has 2 N–H and O–H groups in total. The lowest BCUT2D eigenvalue weighted by Crippen LogP contribution is -2.24. The normalized spacial score (nSPS) is 10.6. The summed E-state index contributed by atoms with van der Waals surface area (Å²) >= 11 is 0. The van der Waals surface area contributed by atoms with Gasteiger partial charge in [0.25, 0.3) is 0 Å². The molecule has 0 aliphatic carbocycles. The fourth-order valence-electron chi connectivity index (χ4n) is 3.15. The van der Waals surface area contributed by atoms with E-state index in [1.165, 1.54) is 24.3 Å². The van der Waals surface area contributed by atoms with E-state index in [1.807, 2.05) is 0 Å². The van der Waals surface area contributed by atoms with Gasteiger partial charge in [0.05, 0.1) is 11.1 Å². The molecule has 0 bridgehead atoms. The predicted octanol–water partition coefficient (Wildman–Crippen LogP) is 2.28. The Balaban J connectivity index is 2.08. The zero-order valence-corrected chi connectivity index (χ0v) is 14.8. The molecule has 9 heteroatoms. The first-order chi connectivity index (χ1) is 14.3. The van der Waals surface area contributed by atoms with Crippen molar-refractivity contribution in [2.45, 2.75) is 0 Å². The van der Waals surface area contributed by atoms with Gasteiger partial charge in [-0.3, -0.25) is 4.79 Å². The third-order valence-electron chi connectivity index (χ3n) is 4.46. The van der Waals surface area contributed by atoms with Gasteiger partial charge in [0, 0.05) is 22.9 Å². The van der Waals surface area contributed by atoms with Crippen molar-refractivity contribution >= 4 is 27.7 Å². The zero-order chi connectivity index (χ0) is 21.6. The van der Waals surface area contributed by atoms with E-state index in [9.17, 15) is 35.1 Å². The molecule has 0 aliphatic rings. The summed E-state index contributed by atoms with van der Waals surface area (Å²) in [5, 5.41) is 38.3. The predicted molar refractivity (Wildman–Crippen MR) is 101 cm³/mol. The Morgan fingerprint density at radius 1 is 0.767 bits per heavy atom. The van der Waals surface area contributed by atoms with E-state index in [0.29, 0.717) is 0 Å². The third kappa shape index (κ3) is 2.66. The van der Waals surface area contributed by atoms with Crippen molar-refractivity contribution in [3.05, 3.63) is 79.5 Å². The number of aromatic hydroxyl groups is 2. The van der Waals surface area contributed by atoms with Crippen molar-refractivity contribution in [2.24, 2.45) is 0 Å². The van der Waals surface area contributed by atoms with Crippen molar-refractivity contribution in [2.75, 3.05) is 0 Å². The molecular weight excluding hydrogens is 392 g/mol. The van der Waals surface area contributed by atoms with Crippen molar-refractivity contribution in [3.8, 4) is 23.6 Å². The topological polar surface area (TPSA) is 166 Å². The smallest absolute Gasteiger partial charge is 0.348 e. The maximum Gasteiger partial charge on any atom is 0.348 e. The molecule has 0 unspecified atom stereocenters. The molecule has 30 heavy (non-hydrogen) atoms. The maximum absolute atomic E-state index is 13.1. The standard InChI is InChI=1S/C21H8N2O7/c22-7-13-11-3-1-9(24)5-15(11)29-20(27)17(13)19(26)18-14(8-23)12-4-2-10(25)6-16(12)30-21(18)28/h1-6,24-25H. The number of ketones is 1. The molecule has 2 heterocycles. The molecule has 0 radical (unpaired) electrons. The van der Waals surface area contributed by atoms with E-state index in [-0.39, 0.29) is 44.6 Å². The Bertz CT molecular complexity index is 1480. The van der Waals surface area contributed by atoms with Crippen molar-refractivity contribution in [1.29, 1.82) is 10.5 Å². The summed E-state index contributed by atoms with van der Waals surface area (Å²) in [4.78, 5) is 38.1. The number of hydrogen-bond acceptors (Lipinski definition) is 9. The maximum atomic E-state index is 13.1. The fraction of sp³-hybridized carbons (Fsp3) is 0. The number of carbonyl (C=O) groups is 1. The van der Waals surface area contributed by atoms with Crippen LogP contribution < -0.4 is 11.3 Å². The lowest BCUT2D eigenvalue weighted by molar-refractivity contribution is 0.103. The van der Waals surface area contributed by atoms with Crippen LogP contribution in [0.1, 0.15) is 27.0 Å². The second-order valence-electron chi connectivity index (χ2n) is 6.19. The monoisotopic (exact) mass is 400 g/mol. The molecule has 4 aromatic rings. The number of nitriles is 2. The summed E-state index contributed by atoms with van der Waals surface area (Å²) in [6.07, 6.45) is 0. The van der Waals surface area contributed by atoms with E-state index in [2.05, 4.69) is 0 Å². The molecule has 0 spiro atoms. The molecule has 0 saturated heterocycles. The van der Waals surface area contributed by atoms with Crippen LogP contribution in [0, 0.1) is 22.7 Å². The van der Waals surface area contributed by atoms with Gasteiger partial charge in [-0.15, -0.1) is 0 Å². The van der Waals surface area contributed by atoms with E-state index < -0.39 is 28.2 Å². The summed E-state index contributed by atoms with van der Waals surface area (Å²) in [7, 11) is 0. The van der Waals surface area contributed by atoms with Crippen molar-refractivity contribution in [3.63, 3.8) is 0 Å². The van der Waals surface area contributed by atoms with Gasteiger partial charge in [-0.25, -0.2) is 9.59 Å². The molecule has 9 nitrogen and oxygen atoms in total. The van der Waals surface area contributed by atoms with Crippen LogP contribution in [0.3, 0.4) is 0 Å². The molecule has 0 aliphatic heterocycles. The minimum absolute atomic E-state index is 0.0619. The van der Waals surface area contributed by atoms with Gasteiger partial charge in [-0.1, -0.05) is 0 Å². The first-order valence-electron chi connectivity index (χ1n) is 8.30. The summed E-state index contributed by atoms with van der Waals surface area (Å²) in [5.74, 6) is -1.66. The Morgan fingerprint density at radius 2 is 1.17 bits per heavy atom. The lowest BCUT2D eigenvalue weighted by atomic mass is 9.95. The molecular formula is C21H8N2O7. The van der Waals surface area contributed by atoms with Gasteiger partial charge in [0.2, 0.25) is 5.78 Å². The molecule has 2 aromatic heterocycles. The van der Waals surface area contributed by atoms with Crippen LogP contribution in [-0.4, -0.2) is 16.0 Å².